The van der Waals surface area contributed by atoms with Crippen LogP contribution < -0.4 is 0 Å². The fraction of sp³-hybridized carbons (Fsp3) is 0. The molecule has 7 nitrogen and oxygen atoms in total. The van der Waals surface area contributed by atoms with E-state index in [0.717, 1.165) is 32.7 Å². The van der Waals surface area contributed by atoms with E-state index in [4.69, 9.17) is 0 Å². The predicted molar refractivity (Wildman–Crippen MR) is 96.9 cm³/mol. The molecule has 7 heteroatoms. The molecular weight excluding hydrogens is 326 g/mol. The van der Waals surface area contributed by atoms with Crippen LogP contribution >= 0.6 is 0 Å². The van der Waals surface area contributed by atoms with Gasteiger partial charge in [0.25, 0.3) is 0 Å². The minimum atomic E-state index is 0.608. The molecule has 2 aromatic carbocycles. The number of pyridine rings is 1. The second-order valence-electron chi connectivity index (χ2n) is 5.64. The third-order valence-electron chi connectivity index (χ3n) is 4.26. The Morgan fingerprint density at radius 3 is 1.58 bits per heavy atom. The van der Waals surface area contributed by atoms with Crippen molar-refractivity contribution in [1.29, 1.82) is 0 Å². The second-order valence-corrected chi connectivity index (χ2v) is 5.64. The van der Waals surface area contributed by atoms with Crippen molar-refractivity contribution in [3.8, 4) is 22.8 Å². The zero-order chi connectivity index (χ0) is 17.3. The van der Waals surface area contributed by atoms with Crippen LogP contribution in [0.25, 0.3) is 44.3 Å². The fourth-order valence-electron chi connectivity index (χ4n) is 3.24. The lowest BCUT2D eigenvalue weighted by Crippen LogP contribution is -1.97. The Morgan fingerprint density at radius 2 is 1.00 bits per heavy atom. The van der Waals surface area contributed by atoms with Gasteiger partial charge in [-0.05, 0) is 22.2 Å². The molecule has 0 unspecified atom stereocenters. The van der Waals surface area contributed by atoms with Crippen LogP contribution in [0, 0.1) is 0 Å². The number of rotatable bonds is 2. The summed E-state index contributed by atoms with van der Waals surface area (Å²) < 4.78 is 0. The Bertz CT molecular complexity index is 1070. The van der Waals surface area contributed by atoms with Crippen molar-refractivity contribution in [1.82, 2.24) is 34.9 Å². The molecule has 0 amide bonds. The Balaban J connectivity index is 2.02. The quantitative estimate of drug-likeness (QED) is 0.457. The van der Waals surface area contributed by atoms with Crippen molar-refractivity contribution in [3.05, 3.63) is 68.0 Å². The molecule has 5 rings (SSSR count). The van der Waals surface area contributed by atoms with E-state index in [0.29, 0.717) is 11.6 Å². The van der Waals surface area contributed by atoms with E-state index >= 15 is 0 Å². The summed E-state index contributed by atoms with van der Waals surface area (Å²) in [6.45, 7) is 0. The van der Waals surface area contributed by atoms with Gasteiger partial charge in [0.1, 0.15) is 25.3 Å². The second kappa shape index (κ2) is 5.89. The number of fused-ring (bicyclic) bond motifs is 2. The highest BCUT2D eigenvalue weighted by Gasteiger charge is 2.18. The smallest absolute Gasteiger partial charge is 0.163 e. The normalized spacial score (nSPS) is 11.1. The number of hydrogen-bond donors (Lipinski definition) is 0. The molecule has 0 atom stereocenters. The summed E-state index contributed by atoms with van der Waals surface area (Å²) in [4.78, 5) is 29.6. The topological polar surface area (TPSA) is 90.2 Å². The van der Waals surface area contributed by atoms with Crippen molar-refractivity contribution >= 4 is 21.5 Å². The van der Waals surface area contributed by atoms with Gasteiger partial charge in [0.2, 0.25) is 0 Å². The predicted octanol–water partition coefficient (Wildman–Crippen LogP) is 3.09. The number of benzene rings is 2. The van der Waals surface area contributed by atoms with Crippen LogP contribution in [0.1, 0.15) is 0 Å². The van der Waals surface area contributed by atoms with Crippen molar-refractivity contribution < 1.29 is 0 Å². The lowest BCUT2D eigenvalue weighted by atomic mass is 9.92. The molecule has 3 aromatic heterocycles. The SMILES string of the molecule is c1ccc2c(-c3ncncn3)c3cnccc3c(-c3ncncn3)c2c1. The minimum Gasteiger partial charge on any atom is -0.264 e. The minimum absolute atomic E-state index is 0.608. The Kier molecular flexibility index (Phi) is 3.28. The fourth-order valence-corrected chi connectivity index (χ4v) is 3.24. The summed E-state index contributed by atoms with van der Waals surface area (Å²) in [7, 11) is 0. The van der Waals surface area contributed by atoms with Crippen LogP contribution in [-0.2, 0) is 0 Å². The zero-order valence-corrected chi connectivity index (χ0v) is 13.5. The van der Waals surface area contributed by atoms with Gasteiger partial charge in [0.05, 0.1) is 0 Å². The van der Waals surface area contributed by atoms with Crippen LogP contribution in [0.3, 0.4) is 0 Å². The summed E-state index contributed by atoms with van der Waals surface area (Å²) in [5.41, 5.74) is 1.86. The lowest BCUT2D eigenvalue weighted by Gasteiger charge is -2.14. The summed E-state index contributed by atoms with van der Waals surface area (Å²) in [5, 5.41) is 3.95. The molecule has 0 aliphatic carbocycles. The maximum absolute atomic E-state index is 4.37. The molecule has 0 aliphatic heterocycles. The molecule has 122 valence electrons. The monoisotopic (exact) mass is 337 g/mol. The molecule has 0 N–H and O–H groups in total. The van der Waals surface area contributed by atoms with Gasteiger partial charge in [0.15, 0.2) is 11.6 Å². The van der Waals surface area contributed by atoms with Crippen molar-refractivity contribution in [2.24, 2.45) is 0 Å². The van der Waals surface area contributed by atoms with E-state index < -0.39 is 0 Å². The van der Waals surface area contributed by atoms with Crippen molar-refractivity contribution in [2.75, 3.05) is 0 Å². The molecule has 0 saturated heterocycles. The van der Waals surface area contributed by atoms with Gasteiger partial charge < -0.3 is 0 Å². The third kappa shape index (κ3) is 2.18. The molecule has 0 bridgehead atoms. The Labute approximate surface area is 147 Å². The molecule has 0 spiro atoms. The molecule has 5 aromatic rings. The zero-order valence-electron chi connectivity index (χ0n) is 13.5. The van der Waals surface area contributed by atoms with Crippen LogP contribution in [0.5, 0.6) is 0 Å². The van der Waals surface area contributed by atoms with Gasteiger partial charge in [-0.3, -0.25) is 4.98 Å². The van der Waals surface area contributed by atoms with E-state index in [9.17, 15) is 0 Å². The number of nitrogens with zero attached hydrogens (tertiary/aromatic N) is 7. The van der Waals surface area contributed by atoms with Gasteiger partial charge in [-0.1, -0.05) is 24.3 Å². The highest BCUT2D eigenvalue weighted by Crippen LogP contribution is 2.40. The highest BCUT2D eigenvalue weighted by atomic mass is 15.0. The van der Waals surface area contributed by atoms with E-state index in [1.807, 2.05) is 30.5 Å². The maximum Gasteiger partial charge on any atom is 0.163 e. The number of aromatic nitrogens is 7. The molecule has 3 heterocycles. The van der Waals surface area contributed by atoms with Crippen LogP contribution in [-0.4, -0.2) is 34.9 Å². The molecular formula is C19H11N7. The first-order chi connectivity index (χ1) is 12.9. The lowest BCUT2D eigenvalue weighted by molar-refractivity contribution is 1.06. The van der Waals surface area contributed by atoms with Crippen molar-refractivity contribution in [2.45, 2.75) is 0 Å². The molecule has 0 radical (unpaired) electrons. The van der Waals surface area contributed by atoms with E-state index in [1.54, 1.807) is 6.20 Å². The first-order valence-electron chi connectivity index (χ1n) is 7.96. The van der Waals surface area contributed by atoms with Gasteiger partial charge in [0, 0.05) is 28.9 Å². The summed E-state index contributed by atoms with van der Waals surface area (Å²) in [6.07, 6.45) is 9.59. The van der Waals surface area contributed by atoms with Crippen LogP contribution in [0.2, 0.25) is 0 Å². The average Bonchev–Trinajstić information content (AvgIpc) is 2.73. The maximum atomic E-state index is 4.37. The Hall–Kier alpha value is -3.87. The van der Waals surface area contributed by atoms with Crippen LogP contribution in [0.15, 0.2) is 68.0 Å². The standard InChI is InChI=1S/C19H11N7/c1-2-4-13-12(3-1)16(18-23-8-21-9-24-18)14-5-6-20-7-15(14)17(13)19-25-10-22-11-26-19/h1-11H. The number of hydrogen-bond acceptors (Lipinski definition) is 7. The summed E-state index contributed by atoms with van der Waals surface area (Å²) in [5.74, 6) is 1.23. The molecule has 0 saturated carbocycles. The highest BCUT2D eigenvalue weighted by molar-refractivity contribution is 6.19. The van der Waals surface area contributed by atoms with Gasteiger partial charge in [-0.2, -0.15) is 0 Å². The van der Waals surface area contributed by atoms with Gasteiger partial charge >= 0.3 is 0 Å². The largest absolute Gasteiger partial charge is 0.264 e. The summed E-state index contributed by atoms with van der Waals surface area (Å²) in [6, 6.07) is 10.1. The Morgan fingerprint density at radius 1 is 0.500 bits per heavy atom. The first kappa shape index (κ1) is 14.5. The van der Waals surface area contributed by atoms with E-state index in [2.05, 4.69) is 41.0 Å². The van der Waals surface area contributed by atoms with Gasteiger partial charge in [-0.15, -0.1) is 0 Å². The average molecular weight is 337 g/mol. The molecule has 0 fully saturated rings. The molecule has 0 aliphatic rings. The van der Waals surface area contributed by atoms with E-state index in [-0.39, 0.29) is 0 Å². The summed E-state index contributed by atoms with van der Waals surface area (Å²) >= 11 is 0. The van der Waals surface area contributed by atoms with Crippen molar-refractivity contribution in [3.63, 3.8) is 0 Å². The third-order valence-corrected chi connectivity index (χ3v) is 4.26. The molecule has 26 heavy (non-hydrogen) atoms. The first-order valence-corrected chi connectivity index (χ1v) is 7.96. The van der Waals surface area contributed by atoms with Gasteiger partial charge in [-0.25, -0.2) is 29.9 Å². The van der Waals surface area contributed by atoms with Crippen LogP contribution in [0.4, 0.5) is 0 Å². The van der Waals surface area contributed by atoms with E-state index in [1.165, 1.54) is 25.3 Å².